The number of piperazine rings is 1. The van der Waals surface area contributed by atoms with Crippen LogP contribution in [0.4, 0.5) is 19.0 Å². The van der Waals surface area contributed by atoms with Crippen molar-refractivity contribution >= 4 is 31.4 Å². The fourth-order valence-electron chi connectivity index (χ4n) is 3.97. The molecule has 2 aromatic heterocycles. The number of amides is 1. The first-order chi connectivity index (χ1) is 19.2. The summed E-state index contributed by atoms with van der Waals surface area (Å²) in [5.41, 5.74) is -2.79. The Labute approximate surface area is 243 Å². The van der Waals surface area contributed by atoms with Crippen LogP contribution < -0.4 is 15.2 Å². The van der Waals surface area contributed by atoms with Crippen LogP contribution >= 0.6 is 11.6 Å². The molecule has 1 fully saturated rings. The number of hydrogen-bond donors (Lipinski definition) is 0. The summed E-state index contributed by atoms with van der Waals surface area (Å²) in [7, 11) is -1.39. The van der Waals surface area contributed by atoms with E-state index in [4.69, 9.17) is 25.8 Å². The predicted octanol–water partition coefficient (Wildman–Crippen LogP) is 4.15. The summed E-state index contributed by atoms with van der Waals surface area (Å²) in [5.74, 6) is 0.0344. The number of anilines is 1. The van der Waals surface area contributed by atoms with Crippen LogP contribution in [0, 0.1) is 0 Å². The second kappa shape index (κ2) is 14.5. The van der Waals surface area contributed by atoms with Crippen LogP contribution in [0.25, 0.3) is 0 Å². The minimum atomic E-state index is -4.94. The maximum atomic E-state index is 13.7. The minimum absolute atomic E-state index is 0.0725. The third-order valence-electron chi connectivity index (χ3n) is 6.36. The molecule has 0 N–H and O–H groups in total. The first-order valence-electron chi connectivity index (χ1n) is 13.4. The summed E-state index contributed by atoms with van der Waals surface area (Å²) in [5, 5.41) is 4.35. The van der Waals surface area contributed by atoms with Crippen molar-refractivity contribution in [3.05, 3.63) is 45.5 Å². The van der Waals surface area contributed by atoms with E-state index in [2.05, 4.69) is 34.6 Å². The summed E-state index contributed by atoms with van der Waals surface area (Å²) in [6.07, 6.45) is -3.02. The Kier molecular flexibility index (Phi) is 11.6. The third-order valence-corrected chi connectivity index (χ3v) is 8.29. The first kappa shape index (κ1) is 32.8. The number of rotatable bonds is 13. The molecule has 15 heteroatoms. The van der Waals surface area contributed by atoms with Gasteiger partial charge in [-0.05, 0) is 25.1 Å². The van der Waals surface area contributed by atoms with Crippen molar-refractivity contribution in [2.45, 2.75) is 58.0 Å². The average Bonchev–Trinajstić information content (AvgIpc) is 2.90. The van der Waals surface area contributed by atoms with Crippen molar-refractivity contribution in [2.75, 3.05) is 50.9 Å². The number of hydrogen-bond acceptors (Lipinski definition) is 8. The molecule has 1 atom stereocenters. The van der Waals surface area contributed by atoms with Crippen molar-refractivity contribution in [3.63, 3.8) is 0 Å². The van der Waals surface area contributed by atoms with E-state index in [1.165, 1.54) is 0 Å². The van der Waals surface area contributed by atoms with Crippen LogP contribution in [0.3, 0.4) is 0 Å². The number of alkyl halides is 3. The Hall–Kier alpha value is -2.68. The van der Waals surface area contributed by atoms with Crippen LogP contribution in [0.2, 0.25) is 30.7 Å². The van der Waals surface area contributed by atoms with Crippen molar-refractivity contribution in [1.29, 1.82) is 0 Å². The zero-order valence-corrected chi connectivity index (χ0v) is 25.5. The Morgan fingerprint density at radius 2 is 1.83 bits per heavy atom. The van der Waals surface area contributed by atoms with Crippen molar-refractivity contribution in [3.8, 4) is 5.75 Å². The van der Waals surface area contributed by atoms with Gasteiger partial charge in [-0.1, -0.05) is 31.2 Å². The molecule has 1 saturated heterocycles. The molecule has 1 unspecified atom stereocenters. The van der Waals surface area contributed by atoms with E-state index in [9.17, 15) is 22.8 Å². The summed E-state index contributed by atoms with van der Waals surface area (Å²) in [4.78, 5) is 33.2. The molecule has 0 radical (unpaired) electrons. The van der Waals surface area contributed by atoms with Gasteiger partial charge in [0.1, 0.15) is 19.2 Å². The quantitative estimate of drug-likeness (QED) is 0.244. The molecule has 0 spiro atoms. The molecule has 2 aromatic rings. The van der Waals surface area contributed by atoms with Gasteiger partial charge in [0.2, 0.25) is 5.91 Å². The summed E-state index contributed by atoms with van der Waals surface area (Å²) in [6, 6.07) is 4.40. The minimum Gasteiger partial charge on any atom is -0.488 e. The topological polar surface area (TPSA) is 99.0 Å². The van der Waals surface area contributed by atoms with E-state index in [0.29, 0.717) is 42.5 Å². The molecular formula is C26H37ClF3N5O5Si. The molecule has 3 heterocycles. The average molecular weight is 620 g/mol. The lowest BCUT2D eigenvalue weighted by atomic mass is 10.2. The first-order valence-corrected chi connectivity index (χ1v) is 17.5. The molecule has 1 amide bonds. The largest absolute Gasteiger partial charge is 0.488 e. The SMILES string of the molecule is CC(COc1cnn(COCC[Si](C)(C)C)c(=O)c1C(F)(F)F)OCCC(=O)N1CCN(c2ccc(Cl)cn2)CC1. The molecule has 0 saturated carbocycles. The van der Waals surface area contributed by atoms with Gasteiger partial charge in [0.25, 0.3) is 5.56 Å². The summed E-state index contributed by atoms with van der Waals surface area (Å²) < 4.78 is 58.1. The van der Waals surface area contributed by atoms with E-state index in [0.717, 1.165) is 18.1 Å². The van der Waals surface area contributed by atoms with Gasteiger partial charge in [0.05, 0.1) is 30.4 Å². The summed E-state index contributed by atoms with van der Waals surface area (Å²) >= 11 is 5.89. The normalized spacial score (nSPS) is 15.2. The van der Waals surface area contributed by atoms with E-state index in [-0.39, 0.29) is 32.3 Å². The maximum absolute atomic E-state index is 13.7. The maximum Gasteiger partial charge on any atom is 0.425 e. The number of carbonyl (C=O) groups is 1. The highest BCUT2D eigenvalue weighted by Gasteiger charge is 2.39. The van der Waals surface area contributed by atoms with Gasteiger partial charge in [-0.3, -0.25) is 9.59 Å². The molecule has 228 valence electrons. The van der Waals surface area contributed by atoms with Gasteiger partial charge in [0.15, 0.2) is 11.3 Å². The fourth-order valence-corrected chi connectivity index (χ4v) is 4.83. The zero-order valence-electron chi connectivity index (χ0n) is 23.7. The van der Waals surface area contributed by atoms with Crippen molar-refractivity contribution in [2.24, 2.45) is 0 Å². The Morgan fingerprint density at radius 1 is 1.12 bits per heavy atom. The van der Waals surface area contributed by atoms with E-state index >= 15 is 0 Å². The smallest absolute Gasteiger partial charge is 0.425 e. The second-order valence-electron chi connectivity index (χ2n) is 11.0. The number of ether oxygens (including phenoxy) is 3. The lowest BCUT2D eigenvalue weighted by Gasteiger charge is -2.35. The Morgan fingerprint density at radius 3 is 2.44 bits per heavy atom. The van der Waals surface area contributed by atoms with Crippen molar-refractivity contribution < 1.29 is 32.2 Å². The molecule has 1 aliphatic heterocycles. The van der Waals surface area contributed by atoms with Gasteiger partial charge in [-0.2, -0.15) is 18.3 Å². The molecule has 0 bridgehead atoms. The van der Waals surface area contributed by atoms with Gasteiger partial charge < -0.3 is 24.0 Å². The highest BCUT2D eigenvalue weighted by molar-refractivity contribution is 6.76. The van der Waals surface area contributed by atoms with Gasteiger partial charge in [0, 0.05) is 47.1 Å². The van der Waals surface area contributed by atoms with E-state index < -0.39 is 37.2 Å². The van der Waals surface area contributed by atoms with Crippen LogP contribution in [0.5, 0.6) is 5.75 Å². The standard InChI is InChI=1S/C26H37ClF3N5O5Si/c1-19(39-12-7-23(36)34-10-8-33(9-11-34)22-6-5-20(27)15-31-22)17-40-21-16-32-35(18-38-13-14-41(2,3)4)25(37)24(21)26(28,29)30/h5-6,15-16,19H,7-14,17-18H2,1-4H3. The van der Waals surface area contributed by atoms with Crippen LogP contribution in [-0.4, -0.2) is 85.7 Å². The van der Waals surface area contributed by atoms with E-state index in [1.54, 1.807) is 24.1 Å². The van der Waals surface area contributed by atoms with Gasteiger partial charge in [-0.15, -0.1) is 0 Å². The van der Waals surface area contributed by atoms with Crippen LogP contribution in [0.15, 0.2) is 29.3 Å². The Balaban J connectivity index is 1.44. The second-order valence-corrected chi connectivity index (χ2v) is 17.0. The highest BCUT2D eigenvalue weighted by Crippen LogP contribution is 2.33. The highest BCUT2D eigenvalue weighted by atomic mass is 35.5. The lowest BCUT2D eigenvalue weighted by Crippen LogP contribution is -2.49. The molecule has 3 rings (SSSR count). The fraction of sp³-hybridized carbons (Fsp3) is 0.615. The molecule has 0 aromatic carbocycles. The number of halogens is 4. The number of aromatic nitrogens is 3. The molecule has 1 aliphatic rings. The monoisotopic (exact) mass is 619 g/mol. The number of pyridine rings is 1. The van der Waals surface area contributed by atoms with Crippen molar-refractivity contribution in [1.82, 2.24) is 19.7 Å². The zero-order chi connectivity index (χ0) is 30.2. The molecule has 41 heavy (non-hydrogen) atoms. The number of nitrogens with zero attached hydrogens (tertiary/aromatic N) is 5. The summed E-state index contributed by atoms with van der Waals surface area (Å²) in [6.45, 7) is 10.1. The number of carbonyl (C=O) groups excluding carboxylic acids is 1. The van der Waals surface area contributed by atoms with E-state index in [1.807, 2.05) is 6.07 Å². The van der Waals surface area contributed by atoms with Crippen LogP contribution in [0.1, 0.15) is 18.9 Å². The predicted molar refractivity (Wildman–Crippen MR) is 151 cm³/mol. The van der Waals surface area contributed by atoms with Crippen LogP contribution in [-0.2, 0) is 27.2 Å². The van der Waals surface area contributed by atoms with Gasteiger partial charge >= 0.3 is 6.18 Å². The molecule has 0 aliphatic carbocycles. The molecular weight excluding hydrogens is 583 g/mol. The molecule has 10 nitrogen and oxygen atoms in total. The van der Waals surface area contributed by atoms with Gasteiger partial charge in [-0.25, -0.2) is 9.67 Å². The Bertz CT molecular complexity index is 1200. The third kappa shape index (κ3) is 10.3. The lowest BCUT2D eigenvalue weighted by molar-refractivity contribution is -0.141.